The fourth-order valence-corrected chi connectivity index (χ4v) is 1.79. The number of methoxy groups -OCH3 is 1. The van der Waals surface area contributed by atoms with Crippen molar-refractivity contribution in [1.29, 1.82) is 0 Å². The lowest BCUT2D eigenvalue weighted by Gasteiger charge is -2.29. The summed E-state index contributed by atoms with van der Waals surface area (Å²) < 4.78 is 5.31. The fraction of sp³-hybridized carbons (Fsp3) is 0.286. The third kappa shape index (κ3) is 1.89. The van der Waals surface area contributed by atoms with Crippen LogP contribution in [-0.2, 0) is 4.74 Å². The highest BCUT2D eigenvalue weighted by atomic mass is 16.5. The summed E-state index contributed by atoms with van der Waals surface area (Å²) in [5.41, 5.74) is 1.60. The average molecular weight is 216 g/mol. The van der Waals surface area contributed by atoms with Crippen LogP contribution in [-0.4, -0.2) is 17.8 Å². The van der Waals surface area contributed by atoms with Gasteiger partial charge in [-0.2, -0.15) is 0 Å². The average Bonchev–Trinajstić information content (AvgIpc) is 2.34. The number of ether oxygens (including phenoxy) is 1. The first-order valence-electron chi connectivity index (χ1n) is 5.37. The van der Waals surface area contributed by atoms with E-state index in [2.05, 4.69) is 6.08 Å². The largest absolute Gasteiger partial charge is 0.509 e. The Bertz CT molecular complexity index is 431. The van der Waals surface area contributed by atoms with Crippen LogP contribution >= 0.6 is 0 Å². The van der Waals surface area contributed by atoms with Crippen LogP contribution in [0, 0.1) is 0 Å². The number of hydrogen-bond acceptors (Lipinski definition) is 2. The molecule has 0 radical (unpaired) electrons. The van der Waals surface area contributed by atoms with Crippen LogP contribution in [0.1, 0.15) is 18.9 Å². The predicted octanol–water partition coefficient (Wildman–Crippen LogP) is 3.32. The number of aliphatic hydroxyl groups excluding tert-OH is 1. The van der Waals surface area contributed by atoms with Crippen molar-refractivity contribution in [2.24, 2.45) is 0 Å². The van der Waals surface area contributed by atoms with E-state index in [-0.39, 0.29) is 5.76 Å². The zero-order valence-electron chi connectivity index (χ0n) is 9.60. The second-order valence-corrected chi connectivity index (χ2v) is 4.19. The molecule has 0 fully saturated rings. The van der Waals surface area contributed by atoms with Gasteiger partial charge in [0.25, 0.3) is 0 Å². The molecule has 2 nitrogen and oxygen atoms in total. The van der Waals surface area contributed by atoms with Crippen LogP contribution in [0.15, 0.2) is 48.2 Å². The Morgan fingerprint density at radius 2 is 1.94 bits per heavy atom. The normalized spacial score (nSPS) is 24.9. The molecule has 0 spiro atoms. The third-order valence-electron chi connectivity index (χ3n) is 3.10. The van der Waals surface area contributed by atoms with Crippen molar-refractivity contribution < 1.29 is 9.84 Å². The third-order valence-corrected chi connectivity index (χ3v) is 3.10. The van der Waals surface area contributed by atoms with Gasteiger partial charge in [-0.25, -0.2) is 0 Å². The first-order valence-corrected chi connectivity index (χ1v) is 5.37. The van der Waals surface area contributed by atoms with Crippen molar-refractivity contribution in [2.75, 3.05) is 7.11 Å². The van der Waals surface area contributed by atoms with Crippen molar-refractivity contribution in [1.82, 2.24) is 0 Å². The molecule has 1 aromatic rings. The van der Waals surface area contributed by atoms with Gasteiger partial charge in [-0.15, -0.1) is 0 Å². The Labute approximate surface area is 95.9 Å². The Kier molecular flexibility index (Phi) is 2.84. The van der Waals surface area contributed by atoms with Gasteiger partial charge in [-0.3, -0.25) is 0 Å². The van der Waals surface area contributed by atoms with Gasteiger partial charge in [0, 0.05) is 13.5 Å². The van der Waals surface area contributed by atoms with E-state index in [0.29, 0.717) is 6.42 Å². The maximum Gasteiger partial charge on any atom is 0.125 e. The summed E-state index contributed by atoms with van der Waals surface area (Å²) >= 11 is 0. The van der Waals surface area contributed by atoms with E-state index in [1.54, 1.807) is 13.2 Å². The summed E-state index contributed by atoms with van der Waals surface area (Å²) in [5, 5.41) is 9.96. The molecule has 2 heteroatoms. The van der Waals surface area contributed by atoms with Crippen LogP contribution in [0.3, 0.4) is 0 Å². The summed E-state index contributed by atoms with van der Waals surface area (Å²) in [5.74, 6) is 0.288. The molecular weight excluding hydrogens is 200 g/mol. The van der Waals surface area contributed by atoms with Crippen LogP contribution < -0.4 is 0 Å². The summed E-state index contributed by atoms with van der Waals surface area (Å²) in [7, 11) is 1.62. The molecule has 0 aromatic heterocycles. The second kappa shape index (κ2) is 4.14. The molecule has 0 aliphatic heterocycles. The van der Waals surface area contributed by atoms with Crippen molar-refractivity contribution in [3.05, 3.63) is 53.8 Å². The Morgan fingerprint density at radius 1 is 1.25 bits per heavy atom. The number of allylic oxidation sites excluding steroid dienone is 2. The lowest BCUT2D eigenvalue weighted by atomic mass is 9.89. The van der Waals surface area contributed by atoms with Crippen LogP contribution in [0.4, 0.5) is 0 Å². The molecule has 1 aromatic carbocycles. The molecular formula is C14H16O2. The summed E-state index contributed by atoms with van der Waals surface area (Å²) in [6.45, 7) is 1.89. The van der Waals surface area contributed by atoms with Crippen molar-refractivity contribution >= 4 is 5.57 Å². The van der Waals surface area contributed by atoms with Gasteiger partial charge in [-0.05, 0) is 24.1 Å². The number of aliphatic hydroxyl groups is 1. The van der Waals surface area contributed by atoms with Gasteiger partial charge < -0.3 is 9.84 Å². The van der Waals surface area contributed by atoms with Crippen molar-refractivity contribution in [3.63, 3.8) is 0 Å². The zero-order chi connectivity index (χ0) is 11.6. The predicted molar refractivity (Wildman–Crippen MR) is 65.2 cm³/mol. The van der Waals surface area contributed by atoms with Gasteiger partial charge in [0.2, 0.25) is 0 Å². The monoisotopic (exact) mass is 216 g/mol. The summed E-state index contributed by atoms with van der Waals surface area (Å²) in [4.78, 5) is 0. The SMILES string of the molecule is COC1(C)CC=C(c2ccccc2)C=C1O. The van der Waals surface area contributed by atoms with Crippen LogP contribution in [0.2, 0.25) is 0 Å². The number of hydrogen-bond donors (Lipinski definition) is 1. The molecule has 2 rings (SSSR count). The van der Waals surface area contributed by atoms with E-state index in [0.717, 1.165) is 11.1 Å². The van der Waals surface area contributed by atoms with E-state index >= 15 is 0 Å². The first kappa shape index (κ1) is 11.0. The maximum absolute atomic E-state index is 9.96. The van der Waals surface area contributed by atoms with Gasteiger partial charge >= 0.3 is 0 Å². The van der Waals surface area contributed by atoms with Gasteiger partial charge in [0.1, 0.15) is 11.4 Å². The van der Waals surface area contributed by atoms with Crippen molar-refractivity contribution in [2.45, 2.75) is 18.9 Å². The number of rotatable bonds is 2. The molecule has 84 valence electrons. The minimum Gasteiger partial charge on any atom is -0.509 e. The minimum atomic E-state index is -0.571. The Balaban J connectivity index is 2.30. The molecule has 0 heterocycles. The fourth-order valence-electron chi connectivity index (χ4n) is 1.79. The van der Waals surface area contributed by atoms with Crippen LogP contribution in [0.5, 0.6) is 0 Å². The van der Waals surface area contributed by atoms with E-state index in [4.69, 9.17) is 4.74 Å². The Morgan fingerprint density at radius 3 is 2.50 bits per heavy atom. The van der Waals surface area contributed by atoms with E-state index in [9.17, 15) is 5.11 Å². The highest BCUT2D eigenvalue weighted by molar-refractivity contribution is 5.75. The van der Waals surface area contributed by atoms with Crippen LogP contribution in [0.25, 0.3) is 5.57 Å². The zero-order valence-corrected chi connectivity index (χ0v) is 9.60. The molecule has 0 saturated heterocycles. The molecule has 1 aliphatic carbocycles. The summed E-state index contributed by atoms with van der Waals surface area (Å²) in [6, 6.07) is 10.0. The standard InChI is InChI=1S/C14H16O2/c1-14(16-2)9-8-12(10-13(14)15)11-6-4-3-5-7-11/h3-8,10,15H,9H2,1-2H3. The van der Waals surface area contributed by atoms with E-state index in [1.807, 2.05) is 37.3 Å². The van der Waals surface area contributed by atoms with E-state index < -0.39 is 5.60 Å². The minimum absolute atomic E-state index is 0.288. The first-order chi connectivity index (χ1) is 7.65. The number of benzene rings is 1. The molecule has 0 saturated carbocycles. The lowest BCUT2D eigenvalue weighted by molar-refractivity contribution is 0.00617. The molecule has 0 bridgehead atoms. The molecule has 1 atom stereocenters. The molecule has 1 N–H and O–H groups in total. The Hall–Kier alpha value is -1.54. The van der Waals surface area contributed by atoms with Gasteiger partial charge in [0.05, 0.1) is 0 Å². The molecule has 1 unspecified atom stereocenters. The molecule has 0 amide bonds. The van der Waals surface area contributed by atoms with Gasteiger partial charge in [0.15, 0.2) is 0 Å². The molecule has 1 aliphatic rings. The second-order valence-electron chi connectivity index (χ2n) is 4.19. The highest BCUT2D eigenvalue weighted by Gasteiger charge is 2.30. The van der Waals surface area contributed by atoms with E-state index in [1.165, 1.54) is 0 Å². The quantitative estimate of drug-likeness (QED) is 0.821. The smallest absolute Gasteiger partial charge is 0.125 e. The highest BCUT2D eigenvalue weighted by Crippen LogP contribution is 2.32. The summed E-state index contributed by atoms with van der Waals surface area (Å²) in [6.07, 6.45) is 4.57. The maximum atomic E-state index is 9.96. The lowest BCUT2D eigenvalue weighted by Crippen LogP contribution is -2.31. The topological polar surface area (TPSA) is 29.5 Å². The molecule has 16 heavy (non-hydrogen) atoms. The van der Waals surface area contributed by atoms with Crippen molar-refractivity contribution in [3.8, 4) is 0 Å². The van der Waals surface area contributed by atoms with Gasteiger partial charge in [-0.1, -0.05) is 36.4 Å².